The van der Waals surface area contributed by atoms with Crippen LogP contribution in [-0.4, -0.2) is 40.2 Å². The van der Waals surface area contributed by atoms with Gasteiger partial charge in [0.05, 0.1) is 11.9 Å². The maximum Gasteiger partial charge on any atom is 0.146 e. The summed E-state index contributed by atoms with van der Waals surface area (Å²) in [7, 11) is 2.05. The molecule has 5 nitrogen and oxygen atoms in total. The molecule has 0 unspecified atom stereocenters. The van der Waals surface area contributed by atoms with Crippen molar-refractivity contribution in [2.24, 2.45) is 0 Å². The molecule has 2 aromatic rings. The van der Waals surface area contributed by atoms with Gasteiger partial charge in [-0.3, -0.25) is 4.90 Å². The summed E-state index contributed by atoms with van der Waals surface area (Å²) in [4.78, 5) is 12.0. The Kier molecular flexibility index (Phi) is 5.07. The Labute approximate surface area is 117 Å². The van der Waals surface area contributed by atoms with Crippen molar-refractivity contribution in [2.45, 2.75) is 25.8 Å². The number of fused-ring (bicyclic) bond motifs is 1. The molecule has 0 aromatic carbocycles. The van der Waals surface area contributed by atoms with Crippen molar-refractivity contribution in [1.29, 1.82) is 0 Å². The number of aliphatic hydroxyl groups excluding tert-OH is 1. The zero-order chi connectivity index (χ0) is 13.7. The normalized spacial score (nSPS) is 11.5. The summed E-state index contributed by atoms with van der Waals surface area (Å²) >= 11 is 1.59. The molecular weight excluding hydrogens is 260 g/mol. The quantitative estimate of drug-likeness (QED) is 0.757. The van der Waals surface area contributed by atoms with Crippen molar-refractivity contribution >= 4 is 27.4 Å². The van der Waals surface area contributed by atoms with E-state index in [1.54, 1.807) is 11.3 Å². The average Bonchev–Trinajstić information content (AvgIpc) is 2.83. The lowest BCUT2D eigenvalue weighted by molar-refractivity contribution is 0.269. The van der Waals surface area contributed by atoms with Crippen LogP contribution in [0, 0.1) is 0 Å². The molecule has 0 saturated carbocycles. The van der Waals surface area contributed by atoms with Crippen LogP contribution in [-0.2, 0) is 6.54 Å². The number of anilines is 1. The van der Waals surface area contributed by atoms with Crippen LogP contribution in [0.25, 0.3) is 10.2 Å². The van der Waals surface area contributed by atoms with E-state index in [4.69, 9.17) is 10.8 Å². The Morgan fingerprint density at radius 1 is 1.32 bits per heavy atom. The number of nitrogens with zero attached hydrogens (tertiary/aromatic N) is 3. The first-order chi connectivity index (χ1) is 9.20. The standard InChI is InChI=1S/C13H20N4OS/c1-17(6-3-2-4-7-18)9-11-15-12(14)10-5-8-19-13(10)16-11/h5,8,18H,2-4,6-7,9H2,1H3,(H2,14,15,16). The van der Waals surface area contributed by atoms with Crippen molar-refractivity contribution < 1.29 is 5.11 Å². The highest BCUT2D eigenvalue weighted by molar-refractivity contribution is 7.16. The largest absolute Gasteiger partial charge is 0.396 e. The highest BCUT2D eigenvalue weighted by atomic mass is 32.1. The van der Waals surface area contributed by atoms with Crippen LogP contribution in [0.5, 0.6) is 0 Å². The number of rotatable bonds is 7. The number of aliphatic hydroxyl groups is 1. The molecule has 2 rings (SSSR count). The van der Waals surface area contributed by atoms with E-state index < -0.39 is 0 Å². The highest BCUT2D eigenvalue weighted by Crippen LogP contribution is 2.23. The number of hydrogen-bond donors (Lipinski definition) is 2. The van der Waals surface area contributed by atoms with Crippen LogP contribution < -0.4 is 5.73 Å². The lowest BCUT2D eigenvalue weighted by Crippen LogP contribution is -2.21. The van der Waals surface area contributed by atoms with Crippen LogP contribution >= 0.6 is 11.3 Å². The van der Waals surface area contributed by atoms with Gasteiger partial charge in [0, 0.05) is 6.61 Å². The molecule has 2 heterocycles. The number of nitrogens with two attached hydrogens (primary N) is 1. The Bertz CT molecular complexity index is 528. The van der Waals surface area contributed by atoms with E-state index in [2.05, 4.69) is 21.9 Å². The van der Waals surface area contributed by atoms with Gasteiger partial charge in [0.25, 0.3) is 0 Å². The summed E-state index contributed by atoms with van der Waals surface area (Å²) in [6.07, 6.45) is 3.00. The molecule has 0 fully saturated rings. The number of aromatic nitrogens is 2. The number of unbranched alkanes of at least 4 members (excludes halogenated alkanes) is 2. The van der Waals surface area contributed by atoms with Gasteiger partial charge in [-0.2, -0.15) is 0 Å². The second kappa shape index (κ2) is 6.79. The predicted octanol–water partition coefficient (Wildman–Crippen LogP) is 1.87. The summed E-state index contributed by atoms with van der Waals surface area (Å²) in [6, 6.07) is 1.96. The maximum atomic E-state index is 8.73. The third-order valence-corrected chi connectivity index (χ3v) is 3.82. The molecule has 104 valence electrons. The van der Waals surface area contributed by atoms with Gasteiger partial charge < -0.3 is 10.8 Å². The Balaban J connectivity index is 1.93. The van der Waals surface area contributed by atoms with Gasteiger partial charge >= 0.3 is 0 Å². The van der Waals surface area contributed by atoms with E-state index in [-0.39, 0.29) is 6.61 Å². The zero-order valence-corrected chi connectivity index (χ0v) is 12.0. The molecule has 2 aromatic heterocycles. The van der Waals surface area contributed by atoms with Gasteiger partial charge in [-0.15, -0.1) is 11.3 Å². The summed E-state index contributed by atoms with van der Waals surface area (Å²) in [5.74, 6) is 1.34. The van der Waals surface area contributed by atoms with Gasteiger partial charge in [-0.25, -0.2) is 9.97 Å². The Morgan fingerprint density at radius 3 is 2.95 bits per heavy atom. The monoisotopic (exact) mass is 280 g/mol. The molecule has 0 bridgehead atoms. The second-order valence-corrected chi connectivity index (χ2v) is 5.58. The molecule has 19 heavy (non-hydrogen) atoms. The van der Waals surface area contributed by atoms with Gasteiger partial charge in [0.1, 0.15) is 16.5 Å². The van der Waals surface area contributed by atoms with Crippen molar-refractivity contribution in [3.63, 3.8) is 0 Å². The lowest BCUT2D eigenvalue weighted by atomic mass is 10.2. The van der Waals surface area contributed by atoms with Gasteiger partial charge in [0.2, 0.25) is 0 Å². The second-order valence-electron chi connectivity index (χ2n) is 4.69. The smallest absolute Gasteiger partial charge is 0.146 e. The van der Waals surface area contributed by atoms with Gasteiger partial charge in [-0.1, -0.05) is 0 Å². The molecule has 0 amide bonds. The minimum Gasteiger partial charge on any atom is -0.396 e. The molecule has 0 atom stereocenters. The van der Waals surface area contributed by atoms with Crippen molar-refractivity contribution in [2.75, 3.05) is 25.9 Å². The van der Waals surface area contributed by atoms with Crippen LogP contribution in [0.2, 0.25) is 0 Å². The summed E-state index contributed by atoms with van der Waals surface area (Å²) < 4.78 is 0. The minimum atomic E-state index is 0.276. The van der Waals surface area contributed by atoms with E-state index in [0.717, 1.165) is 41.8 Å². The Morgan fingerprint density at radius 2 is 2.16 bits per heavy atom. The minimum absolute atomic E-state index is 0.276. The fourth-order valence-electron chi connectivity index (χ4n) is 1.99. The fourth-order valence-corrected chi connectivity index (χ4v) is 2.78. The van der Waals surface area contributed by atoms with Gasteiger partial charge in [0.15, 0.2) is 0 Å². The van der Waals surface area contributed by atoms with Crippen molar-refractivity contribution in [3.8, 4) is 0 Å². The maximum absolute atomic E-state index is 8.73. The number of hydrogen-bond acceptors (Lipinski definition) is 6. The molecule has 0 saturated heterocycles. The van der Waals surface area contributed by atoms with E-state index in [9.17, 15) is 0 Å². The molecule has 0 aliphatic rings. The number of nitrogen functional groups attached to an aromatic ring is 1. The molecule has 0 radical (unpaired) electrons. The van der Waals surface area contributed by atoms with E-state index in [1.165, 1.54) is 0 Å². The SMILES string of the molecule is CN(CCCCCO)Cc1nc(N)c2ccsc2n1. The first-order valence-electron chi connectivity index (χ1n) is 6.49. The van der Waals surface area contributed by atoms with E-state index in [1.807, 2.05) is 11.4 Å². The molecule has 6 heteroatoms. The molecule has 3 N–H and O–H groups in total. The molecule has 0 aliphatic carbocycles. The topological polar surface area (TPSA) is 75.3 Å². The van der Waals surface area contributed by atoms with Crippen LogP contribution in [0.1, 0.15) is 25.1 Å². The Hall–Kier alpha value is -1.24. The highest BCUT2D eigenvalue weighted by Gasteiger charge is 2.08. The van der Waals surface area contributed by atoms with E-state index >= 15 is 0 Å². The summed E-state index contributed by atoms with van der Waals surface area (Å²) in [6.45, 7) is 1.96. The fraction of sp³-hybridized carbons (Fsp3) is 0.538. The molecule has 0 spiro atoms. The van der Waals surface area contributed by atoms with Gasteiger partial charge in [-0.05, 0) is 44.3 Å². The van der Waals surface area contributed by atoms with Crippen molar-refractivity contribution in [3.05, 3.63) is 17.3 Å². The van der Waals surface area contributed by atoms with Crippen LogP contribution in [0.4, 0.5) is 5.82 Å². The average molecular weight is 280 g/mol. The third-order valence-electron chi connectivity index (χ3n) is 3.01. The van der Waals surface area contributed by atoms with Crippen LogP contribution in [0.15, 0.2) is 11.4 Å². The van der Waals surface area contributed by atoms with Crippen molar-refractivity contribution in [1.82, 2.24) is 14.9 Å². The lowest BCUT2D eigenvalue weighted by Gasteiger charge is -2.15. The first kappa shape index (κ1) is 14.2. The van der Waals surface area contributed by atoms with E-state index in [0.29, 0.717) is 12.4 Å². The molecular formula is C13H20N4OS. The predicted molar refractivity (Wildman–Crippen MR) is 79.1 cm³/mol. The summed E-state index contributed by atoms with van der Waals surface area (Å²) in [5, 5.41) is 11.7. The molecule has 0 aliphatic heterocycles. The summed E-state index contributed by atoms with van der Waals surface area (Å²) in [5.41, 5.74) is 5.93. The first-order valence-corrected chi connectivity index (χ1v) is 7.37. The van der Waals surface area contributed by atoms with Crippen LogP contribution in [0.3, 0.4) is 0 Å². The number of thiophene rings is 1. The zero-order valence-electron chi connectivity index (χ0n) is 11.2. The third kappa shape index (κ3) is 3.86.